The topological polar surface area (TPSA) is 61.4 Å². The number of aryl methyl sites for hydroxylation is 1. The van der Waals surface area contributed by atoms with E-state index in [9.17, 15) is 4.79 Å². The highest BCUT2D eigenvalue weighted by Crippen LogP contribution is 2.37. The third-order valence-corrected chi connectivity index (χ3v) is 8.20. The summed E-state index contributed by atoms with van der Waals surface area (Å²) in [4.78, 5) is 27.2. The van der Waals surface area contributed by atoms with Gasteiger partial charge in [-0.05, 0) is 56.7 Å². The predicted molar refractivity (Wildman–Crippen MR) is 139 cm³/mol. The maximum atomic E-state index is 13.7. The van der Waals surface area contributed by atoms with E-state index in [0.717, 1.165) is 43.7 Å². The molecule has 1 fully saturated rings. The van der Waals surface area contributed by atoms with Crippen molar-refractivity contribution in [2.24, 2.45) is 0 Å². The summed E-state index contributed by atoms with van der Waals surface area (Å²) in [6.45, 7) is 12.1. The Hall–Kier alpha value is -1.89. The summed E-state index contributed by atoms with van der Waals surface area (Å²) in [6, 6.07) is 5.52. The number of hydrogen-bond donors (Lipinski definition) is 1. The van der Waals surface area contributed by atoms with Crippen LogP contribution in [0.15, 0.2) is 24.5 Å². The molecule has 2 unspecified atom stereocenters. The van der Waals surface area contributed by atoms with Crippen LogP contribution in [0.2, 0.25) is 10.0 Å². The van der Waals surface area contributed by atoms with Crippen LogP contribution in [0, 0.1) is 0 Å². The number of amides is 1. The van der Waals surface area contributed by atoms with Crippen LogP contribution < -0.4 is 10.2 Å². The number of rotatable bonds is 7. The Morgan fingerprint density at radius 2 is 1.91 bits per heavy atom. The lowest BCUT2D eigenvalue weighted by Gasteiger charge is -2.38. The van der Waals surface area contributed by atoms with Crippen LogP contribution in [-0.4, -0.2) is 59.0 Å². The van der Waals surface area contributed by atoms with Gasteiger partial charge in [0.25, 0.3) is 0 Å². The first-order valence-electron chi connectivity index (χ1n) is 12.3. The van der Waals surface area contributed by atoms with Gasteiger partial charge in [0.15, 0.2) is 0 Å². The Morgan fingerprint density at radius 3 is 2.59 bits per heavy atom. The second kappa shape index (κ2) is 10.4. The van der Waals surface area contributed by atoms with Gasteiger partial charge in [-0.2, -0.15) is 0 Å². The zero-order valence-corrected chi connectivity index (χ0v) is 22.1. The summed E-state index contributed by atoms with van der Waals surface area (Å²) in [6.07, 6.45) is 4.81. The number of fused-ring (bicyclic) bond motifs is 1. The van der Waals surface area contributed by atoms with Gasteiger partial charge in [-0.15, -0.1) is 0 Å². The number of hydrogen-bond acceptors (Lipinski definition) is 5. The van der Waals surface area contributed by atoms with E-state index in [1.807, 2.05) is 17.0 Å². The van der Waals surface area contributed by atoms with Crippen LogP contribution in [0.1, 0.15) is 69.2 Å². The van der Waals surface area contributed by atoms with E-state index in [1.54, 1.807) is 12.4 Å². The van der Waals surface area contributed by atoms with Gasteiger partial charge >= 0.3 is 0 Å². The van der Waals surface area contributed by atoms with Crippen molar-refractivity contribution in [3.8, 4) is 0 Å². The molecule has 4 rings (SSSR count). The molecule has 34 heavy (non-hydrogen) atoms. The van der Waals surface area contributed by atoms with Gasteiger partial charge in [0, 0.05) is 49.5 Å². The van der Waals surface area contributed by atoms with Crippen LogP contribution in [0.5, 0.6) is 0 Å². The van der Waals surface area contributed by atoms with Crippen molar-refractivity contribution < 1.29 is 4.79 Å². The summed E-state index contributed by atoms with van der Waals surface area (Å²) >= 11 is 12.5. The average molecular weight is 505 g/mol. The third-order valence-electron chi connectivity index (χ3n) is 7.46. The lowest BCUT2D eigenvalue weighted by Crippen LogP contribution is -2.52. The van der Waals surface area contributed by atoms with E-state index in [2.05, 4.69) is 47.9 Å². The van der Waals surface area contributed by atoms with Crippen molar-refractivity contribution in [1.29, 1.82) is 0 Å². The lowest BCUT2D eigenvalue weighted by molar-refractivity contribution is -0.133. The van der Waals surface area contributed by atoms with Crippen molar-refractivity contribution in [2.75, 3.05) is 37.6 Å². The Kier molecular flexibility index (Phi) is 7.70. The molecular weight excluding hydrogens is 469 g/mol. The quantitative estimate of drug-likeness (QED) is 0.572. The summed E-state index contributed by atoms with van der Waals surface area (Å²) in [5.41, 5.74) is 3.31. The van der Waals surface area contributed by atoms with E-state index in [-0.39, 0.29) is 17.4 Å². The maximum absolute atomic E-state index is 13.7. The number of aromatic nitrogens is 2. The molecule has 0 saturated carbocycles. The van der Waals surface area contributed by atoms with Gasteiger partial charge in [-0.3, -0.25) is 4.79 Å². The highest BCUT2D eigenvalue weighted by molar-refractivity contribution is 6.42. The molecule has 0 spiro atoms. The summed E-state index contributed by atoms with van der Waals surface area (Å²) in [5.74, 6) is 1.33. The highest BCUT2D eigenvalue weighted by atomic mass is 35.5. The van der Waals surface area contributed by atoms with Crippen LogP contribution in [0.4, 0.5) is 5.82 Å². The molecular formula is C26H35Cl2N5O. The first-order chi connectivity index (χ1) is 16.2. The first kappa shape index (κ1) is 25.2. The molecule has 2 heterocycles. The first-order valence-corrected chi connectivity index (χ1v) is 13.0. The Morgan fingerprint density at radius 1 is 1.18 bits per heavy atom. The second-order valence-electron chi connectivity index (χ2n) is 10.2. The number of benzene rings is 1. The predicted octanol–water partition coefficient (Wildman–Crippen LogP) is 5.04. The molecule has 1 amide bonds. The van der Waals surface area contributed by atoms with Crippen LogP contribution in [-0.2, 0) is 11.2 Å². The number of piperazine rings is 1. The second-order valence-corrected chi connectivity index (χ2v) is 11.0. The molecule has 1 aromatic heterocycles. The van der Waals surface area contributed by atoms with E-state index in [1.165, 1.54) is 11.3 Å². The largest absolute Gasteiger partial charge is 0.353 e. The summed E-state index contributed by atoms with van der Waals surface area (Å²) in [7, 11) is 0. The SMILES string of the molecule is CCC(C)(C)NCC(C(=O)N1CCN(c2ncnc3c2C(C)CC3)CC1)c1ccc(Cl)c(Cl)c1. The molecule has 184 valence electrons. The van der Waals surface area contributed by atoms with Crippen molar-refractivity contribution >= 4 is 34.9 Å². The smallest absolute Gasteiger partial charge is 0.231 e. The van der Waals surface area contributed by atoms with Gasteiger partial charge in [0.05, 0.1) is 16.0 Å². The molecule has 1 N–H and O–H groups in total. The van der Waals surface area contributed by atoms with Crippen LogP contribution in [0.3, 0.4) is 0 Å². The number of nitrogens with zero attached hydrogens (tertiary/aromatic N) is 4. The minimum atomic E-state index is -0.324. The molecule has 0 bridgehead atoms. The molecule has 8 heteroatoms. The van der Waals surface area contributed by atoms with Gasteiger partial charge in [0.1, 0.15) is 12.1 Å². The van der Waals surface area contributed by atoms with E-state index >= 15 is 0 Å². The summed E-state index contributed by atoms with van der Waals surface area (Å²) < 4.78 is 0. The molecule has 0 radical (unpaired) electrons. The maximum Gasteiger partial charge on any atom is 0.231 e. The highest BCUT2D eigenvalue weighted by Gasteiger charge is 2.33. The van der Waals surface area contributed by atoms with E-state index in [0.29, 0.717) is 35.6 Å². The number of halogens is 2. The Labute approximate surface area is 213 Å². The van der Waals surface area contributed by atoms with Crippen molar-refractivity contribution in [3.05, 3.63) is 51.4 Å². The minimum Gasteiger partial charge on any atom is -0.353 e. The fourth-order valence-corrected chi connectivity index (χ4v) is 5.12. The van der Waals surface area contributed by atoms with Crippen LogP contribution >= 0.6 is 23.2 Å². The molecule has 2 aliphatic rings. The number of nitrogens with one attached hydrogen (secondary N) is 1. The normalized spacial score (nSPS) is 19.3. The third kappa shape index (κ3) is 5.34. The molecule has 6 nitrogen and oxygen atoms in total. The molecule has 2 aromatic rings. The number of anilines is 1. The minimum absolute atomic E-state index is 0.0580. The Bertz CT molecular complexity index is 1040. The van der Waals surface area contributed by atoms with Gasteiger partial charge in [-0.25, -0.2) is 9.97 Å². The molecule has 2 atom stereocenters. The zero-order valence-electron chi connectivity index (χ0n) is 20.6. The lowest BCUT2D eigenvalue weighted by atomic mass is 9.94. The van der Waals surface area contributed by atoms with E-state index in [4.69, 9.17) is 23.2 Å². The standard InChI is InChI=1S/C26H35Cl2N5O/c1-5-26(3,4)31-15-19(18-7-8-20(27)21(28)14-18)25(34)33-12-10-32(11-13-33)24-23-17(2)6-9-22(23)29-16-30-24/h7-8,14,16-17,19,31H,5-6,9-13,15H2,1-4H3. The molecule has 1 aliphatic carbocycles. The molecule has 1 saturated heterocycles. The van der Waals surface area contributed by atoms with E-state index < -0.39 is 0 Å². The van der Waals surface area contributed by atoms with Crippen LogP contribution in [0.25, 0.3) is 0 Å². The van der Waals surface area contributed by atoms with Crippen molar-refractivity contribution in [2.45, 2.75) is 64.3 Å². The zero-order chi connectivity index (χ0) is 24.5. The fraction of sp³-hybridized carbons (Fsp3) is 0.577. The number of carbonyl (C=O) groups is 1. The monoisotopic (exact) mass is 503 g/mol. The molecule has 1 aliphatic heterocycles. The fourth-order valence-electron chi connectivity index (χ4n) is 4.81. The summed E-state index contributed by atoms with van der Waals surface area (Å²) in [5, 5.41) is 4.55. The average Bonchev–Trinajstić information content (AvgIpc) is 3.22. The van der Waals surface area contributed by atoms with Crippen molar-refractivity contribution in [1.82, 2.24) is 20.2 Å². The van der Waals surface area contributed by atoms with Gasteiger partial charge in [0.2, 0.25) is 5.91 Å². The van der Waals surface area contributed by atoms with Gasteiger partial charge < -0.3 is 15.1 Å². The number of carbonyl (C=O) groups excluding carboxylic acids is 1. The Balaban J connectivity index is 1.49. The molecule has 1 aromatic carbocycles. The van der Waals surface area contributed by atoms with Crippen molar-refractivity contribution in [3.63, 3.8) is 0 Å². The van der Waals surface area contributed by atoms with Gasteiger partial charge in [-0.1, -0.05) is 43.1 Å².